The van der Waals surface area contributed by atoms with Gasteiger partial charge in [-0.1, -0.05) is 42.5 Å². The minimum absolute atomic E-state index is 0.0554. The van der Waals surface area contributed by atoms with E-state index in [1.54, 1.807) is 0 Å². The molecule has 2 aromatic carbocycles. The van der Waals surface area contributed by atoms with Crippen molar-refractivity contribution < 1.29 is 0 Å². The Balaban J connectivity index is 1.43. The van der Waals surface area contributed by atoms with Crippen LogP contribution in [0.2, 0.25) is 0 Å². The van der Waals surface area contributed by atoms with Crippen LogP contribution in [0.4, 0.5) is 0 Å². The zero-order chi connectivity index (χ0) is 17.9. The molecule has 1 aromatic heterocycles. The van der Waals surface area contributed by atoms with E-state index >= 15 is 0 Å². The number of hydrogen-bond donors (Lipinski definition) is 1. The summed E-state index contributed by atoms with van der Waals surface area (Å²) in [4.78, 5) is 24.9. The maximum absolute atomic E-state index is 12.3. The van der Waals surface area contributed by atoms with Crippen LogP contribution in [-0.4, -0.2) is 45.9 Å². The third-order valence-electron chi connectivity index (χ3n) is 5.23. The van der Waals surface area contributed by atoms with Gasteiger partial charge in [0.2, 0.25) is 0 Å². The van der Waals surface area contributed by atoms with Gasteiger partial charge in [-0.3, -0.25) is 14.6 Å². The maximum atomic E-state index is 12.3. The second-order valence-corrected chi connectivity index (χ2v) is 6.94. The Morgan fingerprint density at radius 1 is 1.00 bits per heavy atom. The molecule has 1 aliphatic rings. The highest BCUT2D eigenvalue weighted by Crippen LogP contribution is 2.20. The molecule has 2 heterocycles. The molecule has 134 valence electrons. The summed E-state index contributed by atoms with van der Waals surface area (Å²) in [5, 5.41) is 0.649. The number of benzene rings is 2. The lowest BCUT2D eigenvalue weighted by molar-refractivity contribution is 0.0948. The van der Waals surface area contributed by atoms with Crippen molar-refractivity contribution in [3.8, 4) is 0 Å². The quantitative estimate of drug-likeness (QED) is 0.788. The predicted molar refractivity (Wildman–Crippen MR) is 104 cm³/mol. The topological polar surface area (TPSA) is 52.2 Å². The Morgan fingerprint density at radius 3 is 2.46 bits per heavy atom. The van der Waals surface area contributed by atoms with Crippen molar-refractivity contribution >= 4 is 10.9 Å². The van der Waals surface area contributed by atoms with Gasteiger partial charge in [-0.25, -0.2) is 4.98 Å². The minimum atomic E-state index is -0.0554. The van der Waals surface area contributed by atoms with E-state index in [-0.39, 0.29) is 11.6 Å². The largest absolute Gasteiger partial charge is 0.309 e. The molecule has 26 heavy (non-hydrogen) atoms. The molecule has 0 saturated carbocycles. The van der Waals surface area contributed by atoms with Gasteiger partial charge in [0, 0.05) is 32.7 Å². The van der Waals surface area contributed by atoms with E-state index in [9.17, 15) is 4.79 Å². The van der Waals surface area contributed by atoms with Gasteiger partial charge in [-0.15, -0.1) is 0 Å². The van der Waals surface area contributed by atoms with E-state index in [0.29, 0.717) is 5.39 Å². The first-order chi connectivity index (χ1) is 12.7. The summed E-state index contributed by atoms with van der Waals surface area (Å²) >= 11 is 0. The van der Waals surface area contributed by atoms with Crippen LogP contribution in [0.5, 0.6) is 0 Å². The second-order valence-electron chi connectivity index (χ2n) is 6.94. The van der Waals surface area contributed by atoms with E-state index in [4.69, 9.17) is 0 Å². The summed E-state index contributed by atoms with van der Waals surface area (Å²) in [5.74, 6) is 0.755. The van der Waals surface area contributed by atoms with Crippen molar-refractivity contribution in [2.24, 2.45) is 0 Å². The van der Waals surface area contributed by atoms with Gasteiger partial charge < -0.3 is 4.98 Å². The van der Waals surface area contributed by atoms with E-state index in [1.165, 1.54) is 5.56 Å². The van der Waals surface area contributed by atoms with Gasteiger partial charge in [-0.2, -0.15) is 0 Å². The molecule has 1 atom stereocenters. The van der Waals surface area contributed by atoms with Crippen molar-refractivity contribution in [1.29, 1.82) is 0 Å². The molecule has 0 amide bonds. The zero-order valence-corrected chi connectivity index (χ0v) is 15.1. The summed E-state index contributed by atoms with van der Waals surface area (Å²) in [6.45, 7) is 7.12. The van der Waals surface area contributed by atoms with E-state index in [1.807, 2.05) is 24.3 Å². The first kappa shape index (κ1) is 16.9. The van der Waals surface area contributed by atoms with Crippen LogP contribution in [0.15, 0.2) is 59.4 Å². The number of rotatable bonds is 4. The first-order valence-electron chi connectivity index (χ1n) is 9.20. The lowest BCUT2D eigenvalue weighted by atomic mass is 10.1. The number of hydrogen-bond acceptors (Lipinski definition) is 4. The van der Waals surface area contributed by atoms with Gasteiger partial charge in [0.05, 0.1) is 16.9 Å². The van der Waals surface area contributed by atoms with Crippen LogP contribution in [0.25, 0.3) is 10.9 Å². The normalized spacial score (nSPS) is 17.4. The fourth-order valence-electron chi connectivity index (χ4n) is 3.63. The number of H-pyrrole nitrogens is 1. The van der Waals surface area contributed by atoms with Crippen LogP contribution >= 0.6 is 0 Å². The van der Waals surface area contributed by atoms with Crippen LogP contribution in [-0.2, 0) is 6.54 Å². The molecule has 0 spiro atoms. The molecule has 5 heteroatoms. The fraction of sp³-hybridized carbons (Fsp3) is 0.333. The molecule has 0 bridgehead atoms. The molecule has 1 N–H and O–H groups in total. The van der Waals surface area contributed by atoms with Crippen molar-refractivity contribution in [1.82, 2.24) is 19.8 Å². The Morgan fingerprint density at radius 2 is 1.69 bits per heavy atom. The number of nitrogens with zero attached hydrogens (tertiary/aromatic N) is 3. The van der Waals surface area contributed by atoms with Gasteiger partial charge in [0.25, 0.3) is 5.56 Å². The lowest BCUT2D eigenvalue weighted by Crippen LogP contribution is -2.47. The smallest absolute Gasteiger partial charge is 0.258 e. The molecule has 0 radical (unpaired) electrons. The molecule has 1 aliphatic heterocycles. The molecular weight excluding hydrogens is 324 g/mol. The van der Waals surface area contributed by atoms with Crippen molar-refractivity contribution in [2.45, 2.75) is 19.5 Å². The Bertz CT molecular complexity index is 929. The summed E-state index contributed by atoms with van der Waals surface area (Å²) in [6, 6.07) is 18.2. The standard InChI is InChI=1S/C21H24N4O/c1-16(20-22-19-10-6-5-9-18(19)21(26)23-20)25-13-11-24(12-14-25)15-17-7-3-2-4-8-17/h2-10,16H,11-15H2,1H3,(H,22,23,26). The lowest BCUT2D eigenvalue weighted by Gasteiger charge is -2.37. The highest BCUT2D eigenvalue weighted by molar-refractivity contribution is 5.77. The Labute approximate surface area is 153 Å². The average Bonchev–Trinajstić information content (AvgIpc) is 2.69. The van der Waals surface area contributed by atoms with Crippen LogP contribution in [0.3, 0.4) is 0 Å². The monoisotopic (exact) mass is 348 g/mol. The Kier molecular flexibility index (Phi) is 4.82. The SMILES string of the molecule is CC(c1nc2ccccc2c(=O)[nH]1)N1CCN(Cc2ccccc2)CC1. The number of aromatic amines is 1. The molecular formula is C21H24N4O. The highest BCUT2D eigenvalue weighted by Gasteiger charge is 2.23. The van der Waals surface area contributed by atoms with Crippen molar-refractivity contribution in [3.05, 3.63) is 76.3 Å². The number of piperazine rings is 1. The van der Waals surface area contributed by atoms with Gasteiger partial charge in [0.1, 0.15) is 5.82 Å². The summed E-state index contributed by atoms with van der Waals surface area (Å²) in [6.07, 6.45) is 0. The van der Waals surface area contributed by atoms with Gasteiger partial charge in [-0.05, 0) is 24.6 Å². The third kappa shape index (κ3) is 3.54. The van der Waals surface area contributed by atoms with Crippen molar-refractivity contribution in [3.63, 3.8) is 0 Å². The molecule has 0 aliphatic carbocycles. The molecule has 3 aromatic rings. The summed E-state index contributed by atoms with van der Waals surface area (Å²) in [5.41, 5.74) is 2.07. The second kappa shape index (κ2) is 7.40. The Hall–Kier alpha value is -2.50. The minimum Gasteiger partial charge on any atom is -0.309 e. The van der Waals surface area contributed by atoms with Gasteiger partial charge in [0.15, 0.2) is 0 Å². The molecule has 4 rings (SSSR count). The van der Waals surface area contributed by atoms with E-state index < -0.39 is 0 Å². The van der Waals surface area contributed by atoms with E-state index in [2.05, 4.69) is 57.0 Å². The number of aromatic nitrogens is 2. The highest BCUT2D eigenvalue weighted by atomic mass is 16.1. The zero-order valence-electron chi connectivity index (χ0n) is 15.1. The maximum Gasteiger partial charge on any atom is 0.258 e. The molecule has 1 saturated heterocycles. The number of para-hydroxylation sites is 1. The van der Waals surface area contributed by atoms with E-state index in [0.717, 1.165) is 44.1 Å². The predicted octanol–water partition coefficient (Wildman–Crippen LogP) is 2.80. The average molecular weight is 348 g/mol. The van der Waals surface area contributed by atoms with Crippen molar-refractivity contribution in [2.75, 3.05) is 26.2 Å². The molecule has 5 nitrogen and oxygen atoms in total. The number of fused-ring (bicyclic) bond motifs is 1. The fourth-order valence-corrected chi connectivity index (χ4v) is 3.63. The van der Waals surface area contributed by atoms with Crippen LogP contribution in [0, 0.1) is 0 Å². The number of nitrogens with one attached hydrogen (secondary N) is 1. The van der Waals surface area contributed by atoms with Crippen LogP contribution in [0.1, 0.15) is 24.4 Å². The molecule has 1 unspecified atom stereocenters. The molecule has 1 fully saturated rings. The van der Waals surface area contributed by atoms with Crippen LogP contribution < -0.4 is 5.56 Å². The summed E-state index contributed by atoms with van der Waals surface area (Å²) < 4.78 is 0. The van der Waals surface area contributed by atoms with Gasteiger partial charge >= 0.3 is 0 Å². The third-order valence-corrected chi connectivity index (χ3v) is 5.23. The summed E-state index contributed by atoms with van der Waals surface area (Å²) in [7, 11) is 0. The first-order valence-corrected chi connectivity index (χ1v) is 9.20.